The topological polar surface area (TPSA) is 35.6 Å². The zero-order valence-electron chi connectivity index (χ0n) is 16.0. The molecule has 1 aliphatic heterocycles. The number of nitrogens with zero attached hydrogens (tertiary/aromatic N) is 2. The zero-order chi connectivity index (χ0) is 18.6. The average molecular weight is 384 g/mol. The molecular weight excluding hydrogens is 354 g/mol. The van der Waals surface area contributed by atoms with Crippen molar-refractivity contribution < 1.29 is 4.79 Å². The van der Waals surface area contributed by atoms with E-state index in [4.69, 9.17) is 0 Å². The summed E-state index contributed by atoms with van der Waals surface area (Å²) in [5.74, 6) is 0.505. The van der Waals surface area contributed by atoms with Crippen LogP contribution in [-0.4, -0.2) is 47.9 Å². The van der Waals surface area contributed by atoms with E-state index in [1.807, 2.05) is 0 Å². The molecule has 1 aromatic heterocycles. The Hall–Kier alpha value is -1.69. The van der Waals surface area contributed by atoms with Crippen LogP contribution in [0, 0.1) is 5.92 Å². The van der Waals surface area contributed by atoms with Crippen LogP contribution >= 0.6 is 11.3 Å². The highest BCUT2D eigenvalue weighted by Crippen LogP contribution is 2.32. The lowest BCUT2D eigenvalue weighted by atomic mass is 10.0. The summed E-state index contributed by atoms with van der Waals surface area (Å²) in [5, 5.41) is 5.43. The quantitative estimate of drug-likeness (QED) is 0.795. The first-order valence-electron chi connectivity index (χ1n) is 10.0. The van der Waals surface area contributed by atoms with E-state index in [1.54, 1.807) is 11.3 Å². The molecule has 1 saturated carbocycles. The van der Waals surface area contributed by atoms with Crippen molar-refractivity contribution in [3.05, 3.63) is 58.3 Å². The Morgan fingerprint density at radius 2 is 1.85 bits per heavy atom. The minimum absolute atomic E-state index is 0.137. The number of carbonyl (C=O) groups excluding carboxylic acids is 1. The third kappa shape index (κ3) is 4.78. The molecule has 2 aromatic rings. The highest BCUT2D eigenvalue weighted by molar-refractivity contribution is 7.10. The zero-order valence-corrected chi connectivity index (χ0v) is 16.8. The van der Waals surface area contributed by atoms with Crippen molar-refractivity contribution in [3.8, 4) is 0 Å². The minimum Gasteiger partial charge on any atom is -0.351 e. The largest absolute Gasteiger partial charge is 0.351 e. The summed E-state index contributed by atoms with van der Waals surface area (Å²) in [6.07, 6.45) is 2.11. The molecule has 1 amide bonds. The van der Waals surface area contributed by atoms with Crippen LogP contribution in [0.1, 0.15) is 36.2 Å². The first-order valence-corrected chi connectivity index (χ1v) is 10.9. The van der Waals surface area contributed by atoms with Crippen LogP contribution in [0.15, 0.2) is 47.8 Å². The van der Waals surface area contributed by atoms with Gasteiger partial charge in [0.05, 0.1) is 6.04 Å². The summed E-state index contributed by atoms with van der Waals surface area (Å²) in [5.41, 5.74) is 1.38. The van der Waals surface area contributed by atoms with Gasteiger partial charge in [0.25, 0.3) is 0 Å². The summed E-state index contributed by atoms with van der Waals surface area (Å²) in [6.45, 7) is 7.41. The molecule has 4 nitrogen and oxygen atoms in total. The maximum absolute atomic E-state index is 12.3. The summed E-state index contributed by atoms with van der Waals surface area (Å²) >= 11 is 1.80. The lowest BCUT2D eigenvalue weighted by molar-refractivity contribution is -0.123. The molecule has 144 valence electrons. The molecular formula is C22H29N3OS. The van der Waals surface area contributed by atoms with Crippen LogP contribution < -0.4 is 5.32 Å². The molecule has 2 unspecified atom stereocenters. The molecule has 0 spiro atoms. The average Bonchev–Trinajstić information content (AvgIpc) is 3.41. The third-order valence-corrected chi connectivity index (χ3v) is 6.62. The number of rotatable bonds is 7. The number of amides is 1. The molecule has 2 aliphatic rings. The van der Waals surface area contributed by atoms with Gasteiger partial charge in [-0.25, -0.2) is 0 Å². The Kier molecular flexibility index (Phi) is 5.91. The van der Waals surface area contributed by atoms with Crippen molar-refractivity contribution in [2.24, 2.45) is 5.92 Å². The van der Waals surface area contributed by atoms with Crippen molar-refractivity contribution in [2.45, 2.75) is 38.4 Å². The van der Waals surface area contributed by atoms with Gasteiger partial charge in [-0.2, -0.15) is 0 Å². The van der Waals surface area contributed by atoms with Gasteiger partial charge < -0.3 is 5.32 Å². The molecule has 2 atom stereocenters. The lowest BCUT2D eigenvalue weighted by Gasteiger charge is -2.41. The Morgan fingerprint density at radius 1 is 1.11 bits per heavy atom. The first kappa shape index (κ1) is 18.7. The van der Waals surface area contributed by atoms with Gasteiger partial charge in [-0.1, -0.05) is 36.4 Å². The lowest BCUT2D eigenvalue weighted by Crippen LogP contribution is -2.52. The molecule has 4 rings (SSSR count). The van der Waals surface area contributed by atoms with Gasteiger partial charge in [0.15, 0.2) is 0 Å². The maximum atomic E-state index is 12.3. The number of benzene rings is 1. The van der Waals surface area contributed by atoms with E-state index in [0.29, 0.717) is 0 Å². The number of thiophene rings is 1. The van der Waals surface area contributed by atoms with E-state index in [2.05, 4.69) is 69.9 Å². The predicted octanol–water partition coefficient (Wildman–Crippen LogP) is 3.52. The fourth-order valence-corrected chi connectivity index (χ4v) is 4.97. The van der Waals surface area contributed by atoms with Crippen molar-refractivity contribution in [1.29, 1.82) is 0 Å². The van der Waals surface area contributed by atoms with E-state index in [0.717, 1.165) is 45.6 Å². The van der Waals surface area contributed by atoms with Gasteiger partial charge in [-0.15, -0.1) is 11.3 Å². The fraction of sp³-hybridized carbons (Fsp3) is 0.500. The molecule has 0 bridgehead atoms. The normalized spacial score (nSPS) is 20.9. The van der Waals surface area contributed by atoms with Crippen LogP contribution in [0.5, 0.6) is 0 Å². The predicted molar refractivity (Wildman–Crippen MR) is 111 cm³/mol. The summed E-state index contributed by atoms with van der Waals surface area (Å²) < 4.78 is 0. The standard InChI is InChI=1S/C22H29N3OS/c1-17(23-22(26)19-9-10-19)21(20-8-5-15-27-20)25-13-11-24(12-14-25)16-18-6-3-2-4-7-18/h2-8,15,17,19,21H,9-14,16H2,1H3,(H,23,26). The van der Waals surface area contributed by atoms with Crippen molar-refractivity contribution in [2.75, 3.05) is 26.2 Å². The molecule has 5 heteroatoms. The van der Waals surface area contributed by atoms with Crippen molar-refractivity contribution in [3.63, 3.8) is 0 Å². The van der Waals surface area contributed by atoms with E-state index >= 15 is 0 Å². The van der Waals surface area contributed by atoms with E-state index in [-0.39, 0.29) is 23.9 Å². The number of hydrogen-bond acceptors (Lipinski definition) is 4. The molecule has 1 aromatic carbocycles. The molecule has 2 heterocycles. The molecule has 1 aliphatic carbocycles. The van der Waals surface area contributed by atoms with E-state index < -0.39 is 0 Å². The highest BCUT2D eigenvalue weighted by atomic mass is 32.1. The monoisotopic (exact) mass is 383 g/mol. The van der Waals surface area contributed by atoms with Gasteiger partial charge in [0.2, 0.25) is 5.91 Å². The second-order valence-corrected chi connectivity index (χ2v) is 8.81. The van der Waals surface area contributed by atoms with Crippen LogP contribution in [0.25, 0.3) is 0 Å². The second kappa shape index (κ2) is 8.55. The molecule has 0 radical (unpaired) electrons. The molecule has 1 N–H and O–H groups in total. The Morgan fingerprint density at radius 3 is 2.48 bits per heavy atom. The summed E-state index contributed by atoms with van der Waals surface area (Å²) in [4.78, 5) is 18.7. The second-order valence-electron chi connectivity index (χ2n) is 7.83. The highest BCUT2D eigenvalue weighted by Gasteiger charge is 2.34. The SMILES string of the molecule is CC(NC(=O)C1CC1)C(c1cccs1)N1CCN(Cc2ccccc2)CC1. The molecule has 27 heavy (non-hydrogen) atoms. The third-order valence-electron chi connectivity index (χ3n) is 5.68. The van der Waals surface area contributed by atoms with E-state index in [9.17, 15) is 4.79 Å². The number of hydrogen-bond donors (Lipinski definition) is 1. The molecule has 1 saturated heterocycles. The Labute approximate surface area is 166 Å². The number of nitrogens with one attached hydrogen (secondary N) is 1. The summed E-state index contributed by atoms with van der Waals surface area (Å²) in [7, 11) is 0. The molecule has 2 fully saturated rings. The van der Waals surface area contributed by atoms with Crippen LogP contribution in [-0.2, 0) is 11.3 Å². The van der Waals surface area contributed by atoms with Gasteiger partial charge in [-0.3, -0.25) is 14.6 Å². The van der Waals surface area contributed by atoms with Crippen LogP contribution in [0.2, 0.25) is 0 Å². The fourth-order valence-electron chi connectivity index (χ4n) is 4.01. The number of piperazine rings is 1. The Balaban J connectivity index is 1.38. The van der Waals surface area contributed by atoms with Crippen molar-refractivity contribution >= 4 is 17.2 Å². The first-order chi connectivity index (χ1) is 13.2. The van der Waals surface area contributed by atoms with Crippen LogP contribution in [0.3, 0.4) is 0 Å². The smallest absolute Gasteiger partial charge is 0.223 e. The maximum Gasteiger partial charge on any atom is 0.223 e. The van der Waals surface area contributed by atoms with Crippen LogP contribution in [0.4, 0.5) is 0 Å². The number of carbonyl (C=O) groups is 1. The Bertz CT molecular complexity index is 721. The van der Waals surface area contributed by atoms with E-state index in [1.165, 1.54) is 10.4 Å². The minimum atomic E-state index is 0.137. The van der Waals surface area contributed by atoms with Gasteiger partial charge >= 0.3 is 0 Å². The van der Waals surface area contributed by atoms with Gasteiger partial charge in [0, 0.05) is 49.6 Å². The van der Waals surface area contributed by atoms with Gasteiger partial charge in [-0.05, 0) is 36.8 Å². The van der Waals surface area contributed by atoms with Crippen molar-refractivity contribution in [1.82, 2.24) is 15.1 Å². The summed E-state index contributed by atoms with van der Waals surface area (Å²) in [6, 6.07) is 15.4. The van der Waals surface area contributed by atoms with Gasteiger partial charge in [0.1, 0.15) is 0 Å².